The molecule has 5 unspecified atom stereocenters. The highest BCUT2D eigenvalue weighted by molar-refractivity contribution is 5.80. The number of hydrogen-bond donors (Lipinski definition) is 6. The minimum Gasteiger partial charge on any atom is -0.508 e. The van der Waals surface area contributed by atoms with Crippen molar-refractivity contribution in [3.05, 3.63) is 114 Å². The van der Waals surface area contributed by atoms with Crippen LogP contribution in [0.4, 0.5) is 0 Å². The Hall–Kier alpha value is -3.49. The molecule has 0 spiro atoms. The van der Waals surface area contributed by atoms with E-state index in [-0.39, 0.29) is 24.7 Å². The van der Waals surface area contributed by atoms with Crippen molar-refractivity contribution in [3.63, 3.8) is 0 Å². The molecule has 1 amide bonds. The number of nitrogens with one attached hydrogen (secondary N) is 1. The third-order valence-corrected chi connectivity index (χ3v) is 6.55. The fourth-order valence-corrected chi connectivity index (χ4v) is 4.31. The number of phenols is 1. The molecule has 0 aliphatic heterocycles. The van der Waals surface area contributed by atoms with Crippen molar-refractivity contribution in [2.75, 3.05) is 6.61 Å². The summed E-state index contributed by atoms with van der Waals surface area (Å²) in [5, 5.41) is 43.7. The minimum atomic E-state index is -1.10. The van der Waals surface area contributed by atoms with Gasteiger partial charge in [0.05, 0.1) is 30.8 Å². The van der Waals surface area contributed by atoms with Gasteiger partial charge in [-0.05, 0) is 54.5 Å². The SMILES string of the molecule is NC(Cc1ccc(O)cc1)C(O)C/C=C/C(O)C(Cc1ccccc1)C(=O)NC(CO)Cc1ccccc1. The highest BCUT2D eigenvalue weighted by Crippen LogP contribution is 2.17. The molecule has 0 fully saturated rings. The van der Waals surface area contributed by atoms with E-state index < -0.39 is 30.2 Å². The number of aliphatic hydroxyl groups is 3. The van der Waals surface area contributed by atoms with Crippen molar-refractivity contribution >= 4 is 5.91 Å². The van der Waals surface area contributed by atoms with Crippen LogP contribution in [-0.2, 0) is 24.1 Å². The van der Waals surface area contributed by atoms with Crippen LogP contribution in [0.3, 0.4) is 0 Å². The summed E-state index contributed by atoms with van der Waals surface area (Å²) in [6.07, 6.45) is 2.64. The first kappa shape index (κ1) is 29.1. The maximum atomic E-state index is 13.3. The number of nitrogens with two attached hydrogens (primary N) is 1. The van der Waals surface area contributed by atoms with Crippen LogP contribution in [-0.4, -0.2) is 57.2 Å². The molecular formula is C31H38N2O5. The van der Waals surface area contributed by atoms with E-state index in [1.54, 1.807) is 30.3 Å². The molecule has 0 bridgehead atoms. The van der Waals surface area contributed by atoms with E-state index in [0.717, 1.165) is 16.7 Å². The number of amides is 1. The third kappa shape index (κ3) is 9.43. The zero-order chi connectivity index (χ0) is 27.3. The van der Waals surface area contributed by atoms with Gasteiger partial charge in [-0.25, -0.2) is 0 Å². The molecule has 38 heavy (non-hydrogen) atoms. The summed E-state index contributed by atoms with van der Waals surface area (Å²) in [5.41, 5.74) is 8.94. The molecule has 0 radical (unpaired) electrons. The van der Waals surface area contributed by atoms with Crippen LogP contribution in [0.5, 0.6) is 5.75 Å². The van der Waals surface area contributed by atoms with Crippen molar-refractivity contribution in [3.8, 4) is 5.75 Å². The van der Waals surface area contributed by atoms with Gasteiger partial charge < -0.3 is 31.5 Å². The Bertz CT molecular complexity index is 1120. The van der Waals surface area contributed by atoms with Crippen molar-refractivity contribution in [2.45, 2.75) is 50.0 Å². The first-order valence-corrected chi connectivity index (χ1v) is 12.9. The normalized spacial score (nSPS) is 15.5. The lowest BCUT2D eigenvalue weighted by Crippen LogP contribution is -2.45. The van der Waals surface area contributed by atoms with E-state index in [0.29, 0.717) is 19.3 Å². The number of benzene rings is 3. The maximum Gasteiger partial charge on any atom is 0.226 e. The van der Waals surface area contributed by atoms with Gasteiger partial charge in [0.2, 0.25) is 5.91 Å². The van der Waals surface area contributed by atoms with Gasteiger partial charge in [-0.1, -0.05) is 84.9 Å². The molecule has 0 aliphatic rings. The number of aliphatic hydroxyl groups excluding tert-OH is 3. The van der Waals surface area contributed by atoms with Crippen LogP contribution in [0.15, 0.2) is 97.1 Å². The fourth-order valence-electron chi connectivity index (χ4n) is 4.31. The Kier molecular flexibility index (Phi) is 11.5. The number of hydrogen-bond acceptors (Lipinski definition) is 6. The van der Waals surface area contributed by atoms with Gasteiger partial charge >= 0.3 is 0 Å². The molecule has 7 heteroatoms. The summed E-state index contributed by atoms with van der Waals surface area (Å²) in [5.74, 6) is -0.980. The number of phenolic OH excluding ortho intramolecular Hbond substituents is 1. The van der Waals surface area contributed by atoms with Crippen molar-refractivity contribution < 1.29 is 25.2 Å². The van der Waals surface area contributed by atoms with Crippen LogP contribution in [0.2, 0.25) is 0 Å². The van der Waals surface area contributed by atoms with Gasteiger partial charge in [0.1, 0.15) is 5.75 Å². The summed E-state index contributed by atoms with van der Waals surface area (Å²) in [6, 6.07) is 24.7. The van der Waals surface area contributed by atoms with Gasteiger partial charge in [0.15, 0.2) is 0 Å². The highest BCUT2D eigenvalue weighted by atomic mass is 16.3. The second-order valence-corrected chi connectivity index (χ2v) is 9.63. The average molecular weight is 519 g/mol. The van der Waals surface area contributed by atoms with Gasteiger partial charge in [-0.3, -0.25) is 4.79 Å². The van der Waals surface area contributed by atoms with E-state index >= 15 is 0 Å². The lowest BCUT2D eigenvalue weighted by atomic mass is 9.91. The van der Waals surface area contributed by atoms with Crippen LogP contribution < -0.4 is 11.1 Å². The topological polar surface area (TPSA) is 136 Å². The van der Waals surface area contributed by atoms with Gasteiger partial charge in [0, 0.05) is 6.04 Å². The Morgan fingerprint density at radius 2 is 1.37 bits per heavy atom. The standard InChI is InChI=1S/C31H38N2O5/c32-28(20-24-14-16-26(35)17-15-24)30(37)13-7-12-29(36)27(19-23-10-5-2-6-11-23)31(38)33-25(21-34)18-22-8-3-1-4-9-22/h1-12,14-17,25,27-30,34-37H,13,18-21,32H2,(H,33,38)/b12-7+. The lowest BCUT2D eigenvalue weighted by Gasteiger charge is -2.24. The van der Waals surface area contributed by atoms with Crippen molar-refractivity contribution in [1.82, 2.24) is 5.32 Å². The Balaban J connectivity index is 1.63. The highest BCUT2D eigenvalue weighted by Gasteiger charge is 2.27. The predicted octanol–water partition coefficient (Wildman–Crippen LogP) is 2.51. The van der Waals surface area contributed by atoms with Crippen LogP contribution in [0.1, 0.15) is 23.1 Å². The van der Waals surface area contributed by atoms with Crippen molar-refractivity contribution in [1.29, 1.82) is 0 Å². The number of carbonyl (C=O) groups is 1. The summed E-state index contributed by atoms with van der Waals surface area (Å²) < 4.78 is 0. The number of rotatable bonds is 14. The average Bonchev–Trinajstić information content (AvgIpc) is 2.93. The molecule has 5 atom stereocenters. The van der Waals surface area contributed by atoms with Crippen molar-refractivity contribution in [2.24, 2.45) is 11.7 Å². The summed E-state index contributed by atoms with van der Waals surface area (Å²) in [6.45, 7) is -0.226. The molecule has 7 nitrogen and oxygen atoms in total. The largest absolute Gasteiger partial charge is 0.508 e. The molecular weight excluding hydrogens is 480 g/mol. The maximum absolute atomic E-state index is 13.3. The Morgan fingerprint density at radius 3 is 1.95 bits per heavy atom. The fraction of sp³-hybridized carbons (Fsp3) is 0.323. The summed E-state index contributed by atoms with van der Waals surface area (Å²) in [7, 11) is 0. The van der Waals surface area contributed by atoms with E-state index in [2.05, 4.69) is 5.32 Å². The molecule has 0 heterocycles. The zero-order valence-electron chi connectivity index (χ0n) is 21.4. The van der Waals surface area contributed by atoms with Crippen LogP contribution >= 0.6 is 0 Å². The van der Waals surface area contributed by atoms with E-state index in [1.807, 2.05) is 60.7 Å². The molecule has 0 saturated heterocycles. The first-order valence-electron chi connectivity index (χ1n) is 12.9. The van der Waals surface area contributed by atoms with Crippen LogP contribution in [0, 0.1) is 5.92 Å². The van der Waals surface area contributed by atoms with Crippen LogP contribution in [0.25, 0.3) is 0 Å². The summed E-state index contributed by atoms with van der Waals surface area (Å²) in [4.78, 5) is 13.3. The molecule has 0 aromatic heterocycles. The Labute approximate surface area is 224 Å². The molecule has 3 rings (SSSR count). The third-order valence-electron chi connectivity index (χ3n) is 6.55. The monoisotopic (exact) mass is 518 g/mol. The second-order valence-electron chi connectivity index (χ2n) is 9.63. The number of carbonyl (C=O) groups excluding carboxylic acids is 1. The van der Waals surface area contributed by atoms with Gasteiger partial charge in [-0.15, -0.1) is 0 Å². The summed E-state index contributed by atoms with van der Waals surface area (Å²) >= 11 is 0. The van der Waals surface area contributed by atoms with E-state index in [1.165, 1.54) is 6.08 Å². The zero-order valence-corrected chi connectivity index (χ0v) is 21.4. The molecule has 3 aromatic rings. The van der Waals surface area contributed by atoms with Gasteiger partial charge in [-0.2, -0.15) is 0 Å². The van der Waals surface area contributed by atoms with Gasteiger partial charge in [0.25, 0.3) is 0 Å². The first-order chi connectivity index (χ1) is 18.4. The molecule has 3 aromatic carbocycles. The smallest absolute Gasteiger partial charge is 0.226 e. The van der Waals surface area contributed by atoms with E-state index in [9.17, 15) is 25.2 Å². The van der Waals surface area contributed by atoms with E-state index in [4.69, 9.17) is 5.73 Å². The molecule has 202 valence electrons. The lowest BCUT2D eigenvalue weighted by molar-refractivity contribution is -0.128. The molecule has 7 N–H and O–H groups in total. The Morgan fingerprint density at radius 1 is 0.816 bits per heavy atom. The quantitative estimate of drug-likeness (QED) is 0.182. The number of aromatic hydroxyl groups is 1. The second kappa shape index (κ2) is 15.1. The molecule has 0 aliphatic carbocycles. The predicted molar refractivity (Wildman–Crippen MR) is 148 cm³/mol. The minimum absolute atomic E-state index is 0.166. The molecule has 0 saturated carbocycles.